The summed E-state index contributed by atoms with van der Waals surface area (Å²) >= 11 is 5.38. The number of benzene rings is 1. The van der Waals surface area contributed by atoms with Crippen LogP contribution >= 0.6 is 27.7 Å². The molecule has 2 rings (SSSR count). The van der Waals surface area contributed by atoms with Crippen molar-refractivity contribution in [3.63, 3.8) is 0 Å². The number of carboxylic acid groups (broad SMARTS) is 1. The van der Waals surface area contributed by atoms with E-state index in [1.165, 1.54) is 25.7 Å². The summed E-state index contributed by atoms with van der Waals surface area (Å²) in [6.45, 7) is 0. The van der Waals surface area contributed by atoms with Gasteiger partial charge in [-0.3, -0.25) is 0 Å². The molecule has 2 unspecified atom stereocenters. The summed E-state index contributed by atoms with van der Waals surface area (Å²) in [7, 11) is 0. The van der Waals surface area contributed by atoms with Gasteiger partial charge in [0, 0.05) is 21.5 Å². The predicted molar refractivity (Wildman–Crippen MR) is 84.3 cm³/mol. The highest BCUT2D eigenvalue weighted by molar-refractivity contribution is 9.10. The number of halogens is 1. The van der Waals surface area contributed by atoms with E-state index in [0.717, 1.165) is 15.4 Å². The Kier molecular flexibility index (Phi) is 5.16. The highest BCUT2D eigenvalue weighted by Gasteiger charge is 2.21. The van der Waals surface area contributed by atoms with E-state index in [4.69, 9.17) is 5.11 Å². The van der Waals surface area contributed by atoms with E-state index < -0.39 is 5.97 Å². The summed E-state index contributed by atoms with van der Waals surface area (Å²) in [6, 6.07) is 5.62. The van der Waals surface area contributed by atoms with Crippen molar-refractivity contribution >= 4 is 39.3 Å². The van der Waals surface area contributed by atoms with Gasteiger partial charge in [-0.25, -0.2) is 4.79 Å². The predicted octanol–water partition coefficient (Wildman–Crippen LogP) is 4.23. The van der Waals surface area contributed by atoms with Crippen molar-refractivity contribution in [3.05, 3.63) is 28.2 Å². The summed E-state index contributed by atoms with van der Waals surface area (Å²) in [5, 5.41) is 13.2. The Hall–Kier alpha value is -0.680. The first kappa shape index (κ1) is 14.7. The van der Waals surface area contributed by atoms with Crippen LogP contribution in [0.4, 0.5) is 5.69 Å². The van der Waals surface area contributed by atoms with Crippen molar-refractivity contribution in [2.45, 2.75) is 37.0 Å². The molecule has 0 amide bonds. The van der Waals surface area contributed by atoms with Crippen LogP contribution in [0.3, 0.4) is 0 Å². The zero-order chi connectivity index (χ0) is 13.8. The molecule has 1 fully saturated rings. The second kappa shape index (κ2) is 6.66. The third kappa shape index (κ3) is 3.89. The summed E-state index contributed by atoms with van der Waals surface area (Å²) in [4.78, 5) is 10.9. The number of rotatable bonds is 4. The van der Waals surface area contributed by atoms with Gasteiger partial charge in [0.15, 0.2) is 0 Å². The van der Waals surface area contributed by atoms with Crippen molar-refractivity contribution in [3.8, 4) is 0 Å². The smallest absolute Gasteiger partial charge is 0.335 e. The van der Waals surface area contributed by atoms with Crippen LogP contribution in [-0.2, 0) is 0 Å². The van der Waals surface area contributed by atoms with Crippen molar-refractivity contribution in [2.24, 2.45) is 0 Å². The van der Waals surface area contributed by atoms with E-state index in [2.05, 4.69) is 27.5 Å². The molecular formula is C14H18BrNO2S. The Morgan fingerprint density at radius 3 is 2.89 bits per heavy atom. The first-order valence-electron chi connectivity index (χ1n) is 6.42. The molecule has 0 heterocycles. The molecule has 0 saturated heterocycles. The number of carbonyl (C=O) groups is 1. The fourth-order valence-corrected chi connectivity index (χ4v) is 3.80. The van der Waals surface area contributed by atoms with Crippen LogP contribution in [0.2, 0.25) is 0 Å². The van der Waals surface area contributed by atoms with Crippen LogP contribution in [0.5, 0.6) is 0 Å². The maximum Gasteiger partial charge on any atom is 0.335 e. The fourth-order valence-electron chi connectivity index (χ4n) is 2.48. The van der Waals surface area contributed by atoms with Gasteiger partial charge in [-0.15, -0.1) is 0 Å². The maximum absolute atomic E-state index is 10.9. The van der Waals surface area contributed by atoms with Crippen molar-refractivity contribution in [1.29, 1.82) is 0 Å². The Bertz CT molecular complexity index is 467. The van der Waals surface area contributed by atoms with Crippen LogP contribution in [0.25, 0.3) is 0 Å². The molecule has 1 aliphatic carbocycles. The Morgan fingerprint density at radius 1 is 1.47 bits per heavy atom. The third-order valence-electron chi connectivity index (χ3n) is 3.54. The summed E-state index contributed by atoms with van der Waals surface area (Å²) in [5.74, 6) is -0.896. The first-order valence-corrected chi connectivity index (χ1v) is 8.50. The average Bonchev–Trinajstić information content (AvgIpc) is 2.41. The standard InChI is InChI=1S/C14H18BrNO2S/c1-19-11-4-2-3-10(8-11)16-13-6-5-9(14(17)18)7-12(13)15/h5-7,10-11,16H,2-4,8H2,1H3,(H,17,18). The minimum Gasteiger partial charge on any atom is -0.478 e. The second-order valence-corrected chi connectivity index (χ2v) is 6.86. The zero-order valence-electron chi connectivity index (χ0n) is 10.9. The van der Waals surface area contributed by atoms with Crippen LogP contribution in [0, 0.1) is 0 Å². The van der Waals surface area contributed by atoms with Gasteiger partial charge < -0.3 is 10.4 Å². The van der Waals surface area contributed by atoms with Gasteiger partial charge in [0.1, 0.15) is 0 Å². The first-order chi connectivity index (χ1) is 9.10. The fraction of sp³-hybridized carbons (Fsp3) is 0.500. The lowest BCUT2D eigenvalue weighted by Gasteiger charge is -2.29. The highest BCUT2D eigenvalue weighted by Crippen LogP contribution is 2.31. The number of thioether (sulfide) groups is 1. The zero-order valence-corrected chi connectivity index (χ0v) is 13.3. The topological polar surface area (TPSA) is 49.3 Å². The Morgan fingerprint density at radius 2 is 2.26 bits per heavy atom. The SMILES string of the molecule is CSC1CCCC(Nc2ccc(C(=O)O)cc2Br)C1. The molecular weight excluding hydrogens is 326 g/mol. The van der Waals surface area contributed by atoms with Crippen molar-refractivity contribution < 1.29 is 9.90 Å². The van der Waals surface area contributed by atoms with E-state index in [9.17, 15) is 4.79 Å². The van der Waals surface area contributed by atoms with Crippen LogP contribution in [-0.4, -0.2) is 28.6 Å². The molecule has 1 saturated carbocycles. The normalized spacial score (nSPS) is 23.1. The minimum atomic E-state index is -0.896. The number of anilines is 1. The van der Waals surface area contributed by atoms with Crippen LogP contribution in [0.15, 0.2) is 22.7 Å². The van der Waals surface area contributed by atoms with Crippen LogP contribution in [0.1, 0.15) is 36.0 Å². The van der Waals surface area contributed by atoms with Gasteiger partial charge in [0.05, 0.1) is 5.56 Å². The molecule has 104 valence electrons. The number of hydrogen-bond acceptors (Lipinski definition) is 3. The largest absolute Gasteiger partial charge is 0.478 e. The number of nitrogens with one attached hydrogen (secondary N) is 1. The number of aromatic carboxylic acids is 1. The maximum atomic E-state index is 10.9. The molecule has 0 aliphatic heterocycles. The van der Waals surface area contributed by atoms with Gasteiger partial charge in [0.25, 0.3) is 0 Å². The molecule has 0 radical (unpaired) electrons. The lowest BCUT2D eigenvalue weighted by molar-refractivity contribution is 0.0697. The summed E-state index contributed by atoms with van der Waals surface area (Å²) < 4.78 is 0.818. The molecule has 1 aromatic carbocycles. The average molecular weight is 344 g/mol. The van der Waals surface area contributed by atoms with E-state index in [1.54, 1.807) is 12.1 Å². The molecule has 0 aromatic heterocycles. The molecule has 1 aromatic rings. The van der Waals surface area contributed by atoms with Gasteiger partial charge >= 0.3 is 5.97 Å². The number of hydrogen-bond donors (Lipinski definition) is 2. The van der Waals surface area contributed by atoms with Crippen LogP contribution < -0.4 is 5.32 Å². The van der Waals surface area contributed by atoms with E-state index in [1.807, 2.05) is 17.8 Å². The molecule has 2 atom stereocenters. The van der Waals surface area contributed by atoms with E-state index in [0.29, 0.717) is 11.6 Å². The lowest BCUT2D eigenvalue weighted by Crippen LogP contribution is -2.28. The quantitative estimate of drug-likeness (QED) is 0.858. The molecule has 0 spiro atoms. The molecule has 5 heteroatoms. The highest BCUT2D eigenvalue weighted by atomic mass is 79.9. The van der Waals surface area contributed by atoms with E-state index >= 15 is 0 Å². The Balaban J connectivity index is 2.04. The lowest BCUT2D eigenvalue weighted by atomic mass is 9.94. The minimum absolute atomic E-state index is 0.308. The second-order valence-electron chi connectivity index (χ2n) is 4.87. The van der Waals surface area contributed by atoms with Gasteiger partial charge in [-0.2, -0.15) is 11.8 Å². The van der Waals surface area contributed by atoms with Crippen molar-refractivity contribution in [2.75, 3.05) is 11.6 Å². The van der Waals surface area contributed by atoms with E-state index in [-0.39, 0.29) is 0 Å². The van der Waals surface area contributed by atoms with Gasteiger partial charge in [-0.05, 0) is 59.6 Å². The molecule has 0 bridgehead atoms. The van der Waals surface area contributed by atoms with Gasteiger partial charge in [0.2, 0.25) is 0 Å². The number of carboxylic acids is 1. The molecule has 19 heavy (non-hydrogen) atoms. The molecule has 3 nitrogen and oxygen atoms in total. The Labute approximate surface area is 126 Å². The van der Waals surface area contributed by atoms with Crippen molar-refractivity contribution in [1.82, 2.24) is 0 Å². The monoisotopic (exact) mass is 343 g/mol. The third-order valence-corrected chi connectivity index (χ3v) is 5.29. The van der Waals surface area contributed by atoms with Gasteiger partial charge in [-0.1, -0.05) is 6.42 Å². The molecule has 2 N–H and O–H groups in total. The molecule has 1 aliphatic rings. The summed E-state index contributed by atoms with van der Waals surface area (Å²) in [5.41, 5.74) is 1.29. The summed E-state index contributed by atoms with van der Waals surface area (Å²) in [6.07, 6.45) is 7.09.